The average Bonchev–Trinajstić information content (AvgIpc) is 2.47. The van der Waals surface area contributed by atoms with Crippen molar-refractivity contribution >= 4 is 11.7 Å². The van der Waals surface area contributed by atoms with E-state index in [4.69, 9.17) is 9.84 Å². The second kappa shape index (κ2) is 5.19. The summed E-state index contributed by atoms with van der Waals surface area (Å²) in [5, 5.41) is 12.1. The predicted octanol–water partition coefficient (Wildman–Crippen LogP) is 0.622. The van der Waals surface area contributed by atoms with Crippen LogP contribution in [-0.4, -0.2) is 43.4 Å². The van der Waals surface area contributed by atoms with Crippen molar-refractivity contribution in [1.82, 2.24) is 5.32 Å². The highest BCUT2D eigenvalue weighted by molar-refractivity contribution is 5.74. The van der Waals surface area contributed by atoms with Gasteiger partial charge in [-0.1, -0.05) is 6.07 Å². The number of hydrogen-bond donors (Lipinski definition) is 2. The fourth-order valence-electron chi connectivity index (χ4n) is 2.69. The lowest BCUT2D eigenvalue weighted by Gasteiger charge is -2.31. The first-order valence-corrected chi connectivity index (χ1v) is 6.65. The van der Waals surface area contributed by atoms with Gasteiger partial charge in [0.2, 0.25) is 0 Å². The maximum atomic E-state index is 11.0. The molecule has 1 atom stereocenters. The zero-order valence-electron chi connectivity index (χ0n) is 10.8. The molecule has 3 rings (SSSR count). The van der Waals surface area contributed by atoms with Gasteiger partial charge < -0.3 is 20.1 Å². The molecule has 0 spiro atoms. The molecule has 1 aromatic rings. The Balaban J connectivity index is 1.79. The monoisotopic (exact) mass is 262 g/mol. The Labute approximate surface area is 112 Å². The highest BCUT2D eigenvalue weighted by Gasteiger charge is 2.24. The Morgan fingerprint density at radius 2 is 2.11 bits per heavy atom. The molecule has 5 heteroatoms. The molecule has 19 heavy (non-hydrogen) atoms. The summed E-state index contributed by atoms with van der Waals surface area (Å²) in [6.45, 7) is 4.02. The maximum absolute atomic E-state index is 11.0. The summed E-state index contributed by atoms with van der Waals surface area (Å²) in [6.07, 6.45) is 0.564. The number of carbonyl (C=O) groups is 1. The molecule has 0 aliphatic carbocycles. The van der Waals surface area contributed by atoms with Crippen LogP contribution in [0.15, 0.2) is 18.2 Å². The fourth-order valence-corrected chi connectivity index (χ4v) is 2.69. The number of carboxylic acid groups (broad SMARTS) is 1. The zero-order chi connectivity index (χ0) is 13.2. The molecule has 2 N–H and O–H groups in total. The Hall–Kier alpha value is -1.59. The molecule has 2 aliphatic heterocycles. The second-order valence-electron chi connectivity index (χ2n) is 5.03. The Kier molecular flexibility index (Phi) is 3.40. The van der Waals surface area contributed by atoms with Gasteiger partial charge in [0.05, 0.1) is 13.2 Å². The van der Waals surface area contributed by atoms with Gasteiger partial charge in [0.25, 0.3) is 0 Å². The van der Waals surface area contributed by atoms with E-state index < -0.39 is 12.0 Å². The summed E-state index contributed by atoms with van der Waals surface area (Å²) in [4.78, 5) is 13.3. The van der Waals surface area contributed by atoms with E-state index >= 15 is 0 Å². The summed E-state index contributed by atoms with van der Waals surface area (Å²) in [6, 6.07) is 5.87. The lowest BCUT2D eigenvalue weighted by atomic mass is 9.95. The molecule has 102 valence electrons. The van der Waals surface area contributed by atoms with E-state index in [0.717, 1.165) is 31.9 Å². The highest BCUT2D eigenvalue weighted by atomic mass is 16.5. The molecule has 0 amide bonds. The van der Waals surface area contributed by atoms with Crippen LogP contribution in [0.4, 0.5) is 5.69 Å². The highest BCUT2D eigenvalue weighted by Crippen LogP contribution is 2.24. The summed E-state index contributed by atoms with van der Waals surface area (Å²) >= 11 is 0. The lowest BCUT2D eigenvalue weighted by Crippen LogP contribution is -2.42. The SMILES string of the molecule is O=C(O)[C@@H]1Cc2ccc(N3CCOCC3)cc2CN1. The molecular weight excluding hydrogens is 244 g/mol. The topological polar surface area (TPSA) is 61.8 Å². The number of hydrogen-bond acceptors (Lipinski definition) is 4. The Morgan fingerprint density at radius 3 is 2.84 bits per heavy atom. The van der Waals surface area contributed by atoms with Gasteiger partial charge in [0, 0.05) is 25.3 Å². The van der Waals surface area contributed by atoms with E-state index in [1.54, 1.807) is 0 Å². The molecule has 1 fully saturated rings. The van der Waals surface area contributed by atoms with Crippen molar-refractivity contribution in [2.45, 2.75) is 19.0 Å². The minimum atomic E-state index is -0.775. The lowest BCUT2D eigenvalue weighted by molar-refractivity contribution is -0.139. The summed E-state index contributed by atoms with van der Waals surface area (Å²) in [5.74, 6) is -0.775. The van der Waals surface area contributed by atoms with Crippen molar-refractivity contribution in [2.75, 3.05) is 31.2 Å². The van der Waals surface area contributed by atoms with E-state index in [9.17, 15) is 4.79 Å². The number of morpholine rings is 1. The predicted molar refractivity (Wildman–Crippen MR) is 71.4 cm³/mol. The molecular formula is C14H18N2O3. The molecule has 1 saturated heterocycles. The van der Waals surface area contributed by atoms with Gasteiger partial charge in [0.1, 0.15) is 6.04 Å². The van der Waals surface area contributed by atoms with E-state index in [1.165, 1.54) is 11.3 Å². The van der Waals surface area contributed by atoms with Gasteiger partial charge in [-0.05, 0) is 29.7 Å². The minimum absolute atomic E-state index is 0.457. The van der Waals surface area contributed by atoms with Crippen molar-refractivity contribution < 1.29 is 14.6 Å². The number of anilines is 1. The number of rotatable bonds is 2. The number of carboxylic acids is 1. The second-order valence-corrected chi connectivity index (χ2v) is 5.03. The van der Waals surface area contributed by atoms with Crippen LogP contribution in [-0.2, 0) is 22.5 Å². The molecule has 0 radical (unpaired) electrons. The first kappa shape index (κ1) is 12.4. The zero-order valence-corrected chi connectivity index (χ0v) is 10.8. The molecule has 0 unspecified atom stereocenters. The van der Waals surface area contributed by atoms with Gasteiger partial charge in [0.15, 0.2) is 0 Å². The third kappa shape index (κ3) is 2.57. The van der Waals surface area contributed by atoms with E-state index in [2.05, 4.69) is 28.4 Å². The van der Waals surface area contributed by atoms with Crippen LogP contribution in [0.1, 0.15) is 11.1 Å². The number of nitrogens with one attached hydrogen (secondary N) is 1. The van der Waals surface area contributed by atoms with E-state index in [1.807, 2.05) is 0 Å². The van der Waals surface area contributed by atoms with Gasteiger partial charge >= 0.3 is 5.97 Å². The van der Waals surface area contributed by atoms with Gasteiger partial charge in [-0.25, -0.2) is 0 Å². The summed E-state index contributed by atoms with van der Waals surface area (Å²) in [5.41, 5.74) is 3.56. The van der Waals surface area contributed by atoms with Crippen LogP contribution < -0.4 is 10.2 Å². The fraction of sp³-hybridized carbons (Fsp3) is 0.500. The van der Waals surface area contributed by atoms with Crippen LogP contribution in [0, 0.1) is 0 Å². The summed E-state index contributed by atoms with van der Waals surface area (Å²) in [7, 11) is 0. The molecule has 0 bridgehead atoms. The molecule has 1 aromatic carbocycles. The van der Waals surface area contributed by atoms with Crippen molar-refractivity contribution in [3.63, 3.8) is 0 Å². The molecule has 2 aliphatic rings. The van der Waals surface area contributed by atoms with Crippen molar-refractivity contribution in [2.24, 2.45) is 0 Å². The third-order valence-electron chi connectivity index (χ3n) is 3.83. The number of nitrogens with zero attached hydrogens (tertiary/aromatic N) is 1. The first-order valence-electron chi connectivity index (χ1n) is 6.65. The normalized spacial score (nSPS) is 22.9. The Morgan fingerprint density at radius 1 is 1.32 bits per heavy atom. The smallest absolute Gasteiger partial charge is 0.321 e. The van der Waals surface area contributed by atoms with Crippen LogP contribution in [0.2, 0.25) is 0 Å². The van der Waals surface area contributed by atoms with Crippen molar-refractivity contribution in [1.29, 1.82) is 0 Å². The molecule has 0 aromatic heterocycles. The number of ether oxygens (including phenoxy) is 1. The quantitative estimate of drug-likeness (QED) is 0.818. The number of fused-ring (bicyclic) bond motifs is 1. The van der Waals surface area contributed by atoms with Crippen molar-refractivity contribution in [3.8, 4) is 0 Å². The molecule has 0 saturated carbocycles. The van der Waals surface area contributed by atoms with E-state index in [-0.39, 0.29) is 0 Å². The van der Waals surface area contributed by atoms with Crippen LogP contribution in [0.5, 0.6) is 0 Å². The van der Waals surface area contributed by atoms with Crippen molar-refractivity contribution in [3.05, 3.63) is 29.3 Å². The van der Waals surface area contributed by atoms with Gasteiger partial charge in [-0.2, -0.15) is 0 Å². The Bertz CT molecular complexity index is 484. The molecule has 5 nitrogen and oxygen atoms in total. The van der Waals surface area contributed by atoms with Crippen LogP contribution in [0.25, 0.3) is 0 Å². The first-order chi connectivity index (χ1) is 9.24. The van der Waals surface area contributed by atoms with Gasteiger partial charge in [-0.15, -0.1) is 0 Å². The largest absolute Gasteiger partial charge is 0.480 e. The van der Waals surface area contributed by atoms with Gasteiger partial charge in [-0.3, -0.25) is 4.79 Å². The summed E-state index contributed by atoms with van der Waals surface area (Å²) < 4.78 is 5.35. The molecule has 2 heterocycles. The van der Waals surface area contributed by atoms with Crippen LogP contribution in [0.3, 0.4) is 0 Å². The minimum Gasteiger partial charge on any atom is -0.480 e. The maximum Gasteiger partial charge on any atom is 0.321 e. The average molecular weight is 262 g/mol. The number of aliphatic carboxylic acids is 1. The number of benzene rings is 1. The standard InChI is InChI=1S/C14H18N2O3/c17-14(18)13-8-10-1-2-12(7-11(10)9-15-13)16-3-5-19-6-4-16/h1-2,7,13,15H,3-6,8-9H2,(H,17,18)/t13-/m0/s1. The van der Waals surface area contributed by atoms with Crippen LogP contribution >= 0.6 is 0 Å². The van der Waals surface area contributed by atoms with E-state index in [0.29, 0.717) is 13.0 Å². The third-order valence-corrected chi connectivity index (χ3v) is 3.83.